The van der Waals surface area contributed by atoms with Crippen LogP contribution < -0.4 is 0 Å². The Hall–Kier alpha value is -6.45. The van der Waals surface area contributed by atoms with Gasteiger partial charge in [-0.15, -0.1) is 0 Å². The van der Waals surface area contributed by atoms with E-state index in [-0.39, 0.29) is 44.6 Å². The molecule has 0 aliphatic heterocycles. The zero-order valence-corrected chi connectivity index (χ0v) is 25.4. The van der Waals surface area contributed by atoms with E-state index in [2.05, 4.69) is 36.4 Å². The summed E-state index contributed by atoms with van der Waals surface area (Å²) in [6, 6.07) is 34.9. The van der Waals surface area contributed by atoms with Crippen molar-refractivity contribution >= 4 is 32.3 Å². The van der Waals surface area contributed by atoms with Crippen LogP contribution in [0.25, 0.3) is 88.7 Å². The molecule has 0 bridgehead atoms. The van der Waals surface area contributed by atoms with Crippen molar-refractivity contribution in [3.8, 4) is 56.4 Å². The lowest BCUT2D eigenvalue weighted by atomic mass is 9.91. The van der Waals surface area contributed by atoms with Crippen molar-refractivity contribution < 1.29 is 12.3 Å². The molecule has 3 heteroatoms. The van der Waals surface area contributed by atoms with Gasteiger partial charge in [0, 0.05) is 16.7 Å². The minimum atomic E-state index is -0.579. The molecule has 1 heterocycles. The van der Waals surface area contributed by atoms with Crippen LogP contribution in [0.2, 0.25) is 0 Å². The molecule has 0 aliphatic carbocycles. The van der Waals surface area contributed by atoms with Crippen LogP contribution in [0.1, 0.15) is 12.3 Å². The van der Waals surface area contributed by atoms with Crippen LogP contribution in [0.3, 0.4) is 0 Å². The summed E-state index contributed by atoms with van der Waals surface area (Å²) >= 11 is 0. The maximum atomic E-state index is 9.51. The van der Waals surface area contributed by atoms with E-state index in [0.717, 1.165) is 33.0 Å². The van der Waals surface area contributed by atoms with Gasteiger partial charge < -0.3 is 0 Å². The fourth-order valence-electron chi connectivity index (χ4n) is 6.22. The average molecular weight is 621 g/mol. The van der Waals surface area contributed by atoms with Gasteiger partial charge in [0.15, 0.2) is 17.5 Å². The molecule has 0 N–H and O–H groups in total. The standard InChI is InChI=1S/C45H29N3/c1-3-14-30(15-4-1)36-26-27-37(40-24-10-9-23-39(36)40)32-19-13-20-34(28-32)44-46-43(31-16-5-2-6-17-31)47-45(48-44)42-29-33-18-7-8-21-35(33)38-22-11-12-25-41(38)42/h1-29H/i7D,8D,11D,12D,18D,21D,22D,25D,29D. The molecule has 0 aliphatic rings. The summed E-state index contributed by atoms with van der Waals surface area (Å²) in [5.41, 5.74) is 5.24. The molecule has 1 aromatic heterocycles. The second-order valence-electron chi connectivity index (χ2n) is 11.3. The van der Waals surface area contributed by atoms with Crippen LogP contribution in [0.15, 0.2) is 176 Å². The van der Waals surface area contributed by atoms with E-state index < -0.39 is 54.4 Å². The molecule has 0 unspecified atom stereocenters. The molecule has 0 spiro atoms. The van der Waals surface area contributed by atoms with Gasteiger partial charge in [-0.3, -0.25) is 0 Å². The molecular formula is C45H29N3. The SMILES string of the molecule is [2H]c1c([2H])c([2H])c2c(c1[2H])c([2H])c(-c1nc(-c3ccccc3)nc(-c3cccc(-c4ccc(-c5ccccc5)c5ccccc45)c3)n1)c1c([2H])c([2H])c([2H])c([2H])c12. The highest BCUT2D eigenvalue weighted by atomic mass is 15.0. The molecule has 8 aromatic carbocycles. The van der Waals surface area contributed by atoms with Crippen molar-refractivity contribution in [3.05, 3.63) is 176 Å². The Bertz CT molecular complexity index is 3120. The van der Waals surface area contributed by atoms with Gasteiger partial charge in [-0.1, -0.05) is 164 Å². The van der Waals surface area contributed by atoms with Gasteiger partial charge in [0.25, 0.3) is 0 Å². The van der Waals surface area contributed by atoms with E-state index in [0.29, 0.717) is 11.1 Å². The Kier molecular flexibility index (Phi) is 4.87. The highest BCUT2D eigenvalue weighted by Crippen LogP contribution is 2.38. The molecule has 9 aromatic rings. The van der Waals surface area contributed by atoms with E-state index in [1.807, 2.05) is 84.9 Å². The fraction of sp³-hybridized carbons (Fsp3) is 0. The molecule has 0 atom stereocenters. The third kappa shape index (κ3) is 4.90. The molecule has 0 radical (unpaired) electrons. The summed E-state index contributed by atoms with van der Waals surface area (Å²) in [6.07, 6.45) is 0. The highest BCUT2D eigenvalue weighted by Gasteiger charge is 2.17. The largest absolute Gasteiger partial charge is 0.208 e. The molecule has 3 nitrogen and oxygen atoms in total. The second kappa shape index (κ2) is 11.7. The number of aromatic nitrogens is 3. The van der Waals surface area contributed by atoms with Crippen molar-refractivity contribution in [1.82, 2.24) is 15.0 Å². The Morgan fingerprint density at radius 2 is 0.875 bits per heavy atom. The van der Waals surface area contributed by atoms with Gasteiger partial charge in [-0.05, 0) is 66.7 Å². The molecule has 0 fully saturated rings. The smallest absolute Gasteiger partial charge is 0.164 e. The van der Waals surface area contributed by atoms with Gasteiger partial charge in [-0.25, -0.2) is 15.0 Å². The van der Waals surface area contributed by atoms with Crippen LogP contribution >= 0.6 is 0 Å². The maximum Gasteiger partial charge on any atom is 0.164 e. The van der Waals surface area contributed by atoms with Gasteiger partial charge in [0.05, 0.1) is 12.3 Å². The number of rotatable bonds is 5. The van der Waals surface area contributed by atoms with E-state index in [4.69, 9.17) is 25.9 Å². The van der Waals surface area contributed by atoms with E-state index in [9.17, 15) is 1.37 Å². The predicted octanol–water partition coefficient (Wildman–Crippen LogP) is 11.7. The molecular weight excluding hydrogens is 583 g/mol. The van der Waals surface area contributed by atoms with Gasteiger partial charge >= 0.3 is 0 Å². The predicted molar refractivity (Wildman–Crippen MR) is 200 cm³/mol. The van der Waals surface area contributed by atoms with E-state index in [1.165, 1.54) is 0 Å². The first kappa shape index (κ1) is 19.9. The summed E-state index contributed by atoms with van der Waals surface area (Å²) in [7, 11) is 0. The van der Waals surface area contributed by atoms with Crippen LogP contribution in [-0.2, 0) is 0 Å². The van der Waals surface area contributed by atoms with Crippen molar-refractivity contribution in [1.29, 1.82) is 0 Å². The molecule has 0 amide bonds. The third-order valence-electron chi connectivity index (χ3n) is 8.46. The highest BCUT2D eigenvalue weighted by molar-refractivity contribution is 6.13. The average Bonchev–Trinajstić information content (AvgIpc) is 3.25. The van der Waals surface area contributed by atoms with Crippen molar-refractivity contribution in [3.63, 3.8) is 0 Å². The third-order valence-corrected chi connectivity index (χ3v) is 8.46. The minimum absolute atomic E-state index is 0.0868. The summed E-state index contributed by atoms with van der Waals surface area (Å²) in [5.74, 6) is 0.382. The summed E-state index contributed by atoms with van der Waals surface area (Å²) < 4.78 is 79.1. The number of nitrogens with zero attached hydrogens (tertiary/aromatic N) is 3. The molecule has 9 rings (SSSR count). The Labute approximate surface area is 291 Å². The second-order valence-corrected chi connectivity index (χ2v) is 11.3. The molecule has 224 valence electrons. The first-order valence-corrected chi connectivity index (χ1v) is 15.5. The summed E-state index contributed by atoms with van der Waals surface area (Å²) in [6.45, 7) is 0. The lowest BCUT2D eigenvalue weighted by molar-refractivity contribution is 1.08. The zero-order valence-electron chi connectivity index (χ0n) is 34.4. The molecule has 48 heavy (non-hydrogen) atoms. The summed E-state index contributed by atoms with van der Waals surface area (Å²) in [5, 5.41) is 1.49. The Morgan fingerprint density at radius 1 is 0.354 bits per heavy atom. The van der Waals surface area contributed by atoms with Gasteiger partial charge in [0.1, 0.15) is 0 Å². The Morgan fingerprint density at radius 3 is 1.60 bits per heavy atom. The molecule has 0 saturated heterocycles. The Balaban J connectivity index is 1.33. The van der Waals surface area contributed by atoms with E-state index in [1.54, 1.807) is 0 Å². The number of fused-ring (bicyclic) bond motifs is 4. The molecule has 0 saturated carbocycles. The fourth-order valence-corrected chi connectivity index (χ4v) is 6.22. The van der Waals surface area contributed by atoms with E-state index >= 15 is 0 Å². The quantitative estimate of drug-likeness (QED) is 0.180. The monoisotopic (exact) mass is 620 g/mol. The lowest BCUT2D eigenvalue weighted by Crippen LogP contribution is -2.01. The minimum Gasteiger partial charge on any atom is -0.208 e. The summed E-state index contributed by atoms with van der Waals surface area (Å²) in [4.78, 5) is 14.6. The normalized spacial score (nSPS) is 14.0. The van der Waals surface area contributed by atoms with Crippen molar-refractivity contribution in [2.24, 2.45) is 0 Å². The number of hydrogen-bond acceptors (Lipinski definition) is 3. The first-order chi connectivity index (χ1) is 27.5. The van der Waals surface area contributed by atoms with Crippen LogP contribution in [-0.4, -0.2) is 15.0 Å². The topological polar surface area (TPSA) is 38.7 Å². The van der Waals surface area contributed by atoms with Crippen LogP contribution in [0.5, 0.6) is 0 Å². The van der Waals surface area contributed by atoms with Crippen molar-refractivity contribution in [2.45, 2.75) is 0 Å². The number of hydrogen-bond donors (Lipinski definition) is 0. The van der Waals surface area contributed by atoms with Crippen LogP contribution in [0, 0.1) is 0 Å². The number of benzene rings is 8. The zero-order chi connectivity index (χ0) is 39.7. The van der Waals surface area contributed by atoms with Crippen LogP contribution in [0.4, 0.5) is 0 Å². The first-order valence-electron chi connectivity index (χ1n) is 20.0. The van der Waals surface area contributed by atoms with Gasteiger partial charge in [0.2, 0.25) is 0 Å². The lowest BCUT2D eigenvalue weighted by Gasteiger charge is -2.14. The maximum absolute atomic E-state index is 9.51. The van der Waals surface area contributed by atoms with Crippen molar-refractivity contribution in [2.75, 3.05) is 0 Å². The van der Waals surface area contributed by atoms with Gasteiger partial charge in [-0.2, -0.15) is 0 Å².